The van der Waals surface area contributed by atoms with Crippen LogP contribution in [0.25, 0.3) is 10.1 Å². The summed E-state index contributed by atoms with van der Waals surface area (Å²) in [5, 5.41) is 3.44. The third kappa shape index (κ3) is 2.71. The van der Waals surface area contributed by atoms with E-state index in [1.54, 1.807) is 11.3 Å². The molecule has 76 valence electrons. The molecule has 0 amide bonds. The Hall–Kier alpha value is -1.04. The summed E-state index contributed by atoms with van der Waals surface area (Å²) < 4.78 is 1.33. The summed E-state index contributed by atoms with van der Waals surface area (Å²) >= 11 is 1.78. The highest BCUT2D eigenvalue weighted by Gasteiger charge is 2.07. The van der Waals surface area contributed by atoms with Gasteiger partial charge in [0.25, 0.3) is 0 Å². The van der Waals surface area contributed by atoms with Gasteiger partial charge in [0.2, 0.25) is 0 Å². The highest BCUT2D eigenvalue weighted by atomic mass is 32.1. The molecular formula is C13H14SSi. The van der Waals surface area contributed by atoms with Crippen LogP contribution in [0, 0.1) is 11.5 Å². The van der Waals surface area contributed by atoms with Crippen molar-refractivity contribution in [2.75, 3.05) is 0 Å². The maximum atomic E-state index is 3.39. The Morgan fingerprint density at radius 3 is 2.67 bits per heavy atom. The molecule has 0 atom stereocenters. The molecule has 0 aliphatic rings. The van der Waals surface area contributed by atoms with Crippen LogP contribution in [0.3, 0.4) is 0 Å². The van der Waals surface area contributed by atoms with Crippen LogP contribution in [0.2, 0.25) is 19.6 Å². The number of hydrogen-bond donors (Lipinski definition) is 0. The summed E-state index contributed by atoms with van der Waals surface area (Å²) in [7, 11) is -1.25. The average Bonchev–Trinajstić information content (AvgIpc) is 2.60. The van der Waals surface area contributed by atoms with E-state index < -0.39 is 8.07 Å². The van der Waals surface area contributed by atoms with Crippen molar-refractivity contribution < 1.29 is 0 Å². The topological polar surface area (TPSA) is 0 Å². The second kappa shape index (κ2) is 3.84. The van der Waals surface area contributed by atoms with Crippen molar-refractivity contribution in [3.05, 3.63) is 35.2 Å². The third-order valence-corrected chi connectivity index (χ3v) is 3.79. The van der Waals surface area contributed by atoms with E-state index in [-0.39, 0.29) is 0 Å². The Kier molecular flexibility index (Phi) is 2.68. The molecule has 15 heavy (non-hydrogen) atoms. The third-order valence-electron chi connectivity index (χ3n) is 2.04. The standard InChI is InChI=1S/C13H14SSi/c1-15(2,3)9-7-11-4-5-12-6-8-14-13(12)10-11/h4-6,8,10H,1-3H3. The lowest BCUT2D eigenvalue weighted by molar-refractivity contribution is 1.74. The number of fused-ring (bicyclic) bond motifs is 1. The van der Waals surface area contributed by atoms with Crippen molar-refractivity contribution >= 4 is 29.5 Å². The molecule has 0 aliphatic heterocycles. The summed E-state index contributed by atoms with van der Waals surface area (Å²) in [6.45, 7) is 6.80. The molecule has 0 radical (unpaired) electrons. The van der Waals surface area contributed by atoms with E-state index in [0.717, 1.165) is 5.56 Å². The number of rotatable bonds is 0. The average molecular weight is 230 g/mol. The maximum absolute atomic E-state index is 3.39. The van der Waals surface area contributed by atoms with Crippen molar-refractivity contribution in [2.45, 2.75) is 19.6 Å². The summed E-state index contributed by atoms with van der Waals surface area (Å²) in [4.78, 5) is 0. The Labute approximate surface area is 96.0 Å². The van der Waals surface area contributed by atoms with Gasteiger partial charge in [0.15, 0.2) is 0 Å². The monoisotopic (exact) mass is 230 g/mol. The molecule has 0 N–H and O–H groups in total. The molecule has 0 spiro atoms. The van der Waals surface area contributed by atoms with Gasteiger partial charge in [0.05, 0.1) is 0 Å². The van der Waals surface area contributed by atoms with E-state index >= 15 is 0 Å². The zero-order chi connectivity index (χ0) is 10.9. The van der Waals surface area contributed by atoms with Gasteiger partial charge in [-0.3, -0.25) is 0 Å². The van der Waals surface area contributed by atoms with Gasteiger partial charge in [-0.25, -0.2) is 0 Å². The van der Waals surface area contributed by atoms with Crippen LogP contribution in [0.5, 0.6) is 0 Å². The minimum atomic E-state index is -1.25. The van der Waals surface area contributed by atoms with Crippen molar-refractivity contribution in [1.82, 2.24) is 0 Å². The Morgan fingerprint density at radius 1 is 1.13 bits per heavy atom. The highest BCUT2D eigenvalue weighted by Crippen LogP contribution is 2.21. The smallest absolute Gasteiger partial charge is 0.129 e. The second-order valence-corrected chi connectivity index (χ2v) is 10.4. The van der Waals surface area contributed by atoms with Crippen LogP contribution in [0.4, 0.5) is 0 Å². The first-order valence-electron chi connectivity index (χ1n) is 5.05. The van der Waals surface area contributed by atoms with Crippen LogP contribution in [-0.4, -0.2) is 8.07 Å². The Balaban J connectivity index is 2.39. The van der Waals surface area contributed by atoms with Gasteiger partial charge in [0, 0.05) is 10.3 Å². The number of thiophene rings is 1. The lowest BCUT2D eigenvalue weighted by atomic mass is 10.2. The number of benzene rings is 1. The van der Waals surface area contributed by atoms with Crippen molar-refractivity contribution in [3.63, 3.8) is 0 Å². The fourth-order valence-corrected chi connectivity index (χ4v) is 2.64. The van der Waals surface area contributed by atoms with Gasteiger partial charge in [-0.1, -0.05) is 31.6 Å². The lowest BCUT2D eigenvalue weighted by Crippen LogP contribution is -2.16. The minimum absolute atomic E-state index is 1.15. The first-order valence-corrected chi connectivity index (χ1v) is 9.43. The molecule has 1 heterocycles. The molecule has 0 saturated carbocycles. The van der Waals surface area contributed by atoms with Crippen molar-refractivity contribution in [3.8, 4) is 11.5 Å². The van der Waals surface area contributed by atoms with Crippen LogP contribution in [0.15, 0.2) is 29.6 Å². The zero-order valence-electron chi connectivity index (χ0n) is 9.29. The first-order chi connectivity index (χ1) is 7.04. The predicted octanol–water partition coefficient (Wildman–Crippen LogP) is 4.13. The van der Waals surface area contributed by atoms with Gasteiger partial charge in [-0.15, -0.1) is 16.9 Å². The van der Waals surface area contributed by atoms with Crippen LogP contribution < -0.4 is 0 Å². The fourth-order valence-electron chi connectivity index (χ4n) is 1.29. The fraction of sp³-hybridized carbons (Fsp3) is 0.231. The normalized spacial score (nSPS) is 11.1. The van der Waals surface area contributed by atoms with Gasteiger partial charge >= 0.3 is 0 Å². The molecule has 0 nitrogen and oxygen atoms in total. The van der Waals surface area contributed by atoms with Crippen molar-refractivity contribution in [1.29, 1.82) is 0 Å². The Bertz CT molecular complexity index is 535. The molecule has 0 bridgehead atoms. The van der Waals surface area contributed by atoms with Gasteiger partial charge in [-0.2, -0.15) is 0 Å². The van der Waals surface area contributed by atoms with E-state index in [0.29, 0.717) is 0 Å². The predicted molar refractivity (Wildman–Crippen MR) is 72.0 cm³/mol. The van der Waals surface area contributed by atoms with Gasteiger partial charge in [-0.05, 0) is 29.0 Å². The summed E-state index contributed by atoms with van der Waals surface area (Å²) in [6, 6.07) is 8.60. The molecular weight excluding hydrogens is 216 g/mol. The zero-order valence-corrected chi connectivity index (χ0v) is 11.1. The first kappa shape index (κ1) is 10.5. The Morgan fingerprint density at radius 2 is 1.93 bits per heavy atom. The second-order valence-electron chi connectivity index (χ2n) is 4.67. The molecule has 2 rings (SSSR count). The molecule has 0 fully saturated rings. The van der Waals surface area contributed by atoms with E-state index in [2.05, 4.69) is 60.8 Å². The quantitative estimate of drug-likeness (QED) is 0.471. The van der Waals surface area contributed by atoms with Crippen LogP contribution in [-0.2, 0) is 0 Å². The van der Waals surface area contributed by atoms with E-state index in [1.807, 2.05) is 0 Å². The molecule has 0 unspecified atom stereocenters. The number of hydrogen-bond acceptors (Lipinski definition) is 1. The van der Waals surface area contributed by atoms with Gasteiger partial charge in [0.1, 0.15) is 8.07 Å². The van der Waals surface area contributed by atoms with E-state index in [1.165, 1.54) is 10.1 Å². The summed E-state index contributed by atoms with van der Waals surface area (Å²) in [5.74, 6) is 3.28. The molecule has 1 aromatic carbocycles. The highest BCUT2D eigenvalue weighted by molar-refractivity contribution is 7.17. The molecule has 1 aromatic heterocycles. The SMILES string of the molecule is C[Si](C)(C)C#Cc1ccc2ccsc2c1. The van der Waals surface area contributed by atoms with Crippen LogP contribution in [0.1, 0.15) is 5.56 Å². The molecule has 2 aromatic rings. The molecule has 0 saturated heterocycles. The molecule has 0 aliphatic carbocycles. The largest absolute Gasteiger partial charge is 0.144 e. The summed E-state index contributed by atoms with van der Waals surface area (Å²) in [6.07, 6.45) is 0. The van der Waals surface area contributed by atoms with Crippen molar-refractivity contribution in [2.24, 2.45) is 0 Å². The molecule has 2 heteroatoms. The van der Waals surface area contributed by atoms with E-state index in [9.17, 15) is 0 Å². The lowest BCUT2D eigenvalue weighted by Gasteiger charge is -2.03. The minimum Gasteiger partial charge on any atom is -0.144 e. The summed E-state index contributed by atoms with van der Waals surface area (Å²) in [5.41, 5.74) is 4.53. The van der Waals surface area contributed by atoms with Crippen LogP contribution >= 0.6 is 11.3 Å². The van der Waals surface area contributed by atoms with Gasteiger partial charge < -0.3 is 0 Å². The van der Waals surface area contributed by atoms with E-state index in [4.69, 9.17) is 0 Å². The maximum Gasteiger partial charge on any atom is 0.129 e.